The Morgan fingerprint density at radius 2 is 1.29 bits per heavy atom. The number of benzene rings is 1. The van der Waals surface area contributed by atoms with Crippen molar-refractivity contribution in [1.82, 2.24) is 0 Å². The molecule has 0 spiro atoms. The van der Waals surface area contributed by atoms with Gasteiger partial charge in [0.15, 0.2) is 5.76 Å². The molecule has 2 saturated carbocycles. The molecule has 5 heteroatoms. The van der Waals surface area contributed by atoms with E-state index in [0.29, 0.717) is 29.3 Å². The summed E-state index contributed by atoms with van der Waals surface area (Å²) in [5, 5.41) is 0. The number of allylic oxidation sites excluding steroid dienone is 2. The summed E-state index contributed by atoms with van der Waals surface area (Å²) in [4.78, 5) is 23.4. The zero-order valence-corrected chi connectivity index (χ0v) is 24.0. The molecule has 2 aliphatic carbocycles. The van der Waals surface area contributed by atoms with E-state index in [0.717, 1.165) is 61.8 Å². The van der Waals surface area contributed by atoms with Gasteiger partial charge in [0.05, 0.1) is 0 Å². The van der Waals surface area contributed by atoms with E-state index in [2.05, 4.69) is 73.0 Å². The molecule has 1 aromatic rings. The molecule has 0 atom stereocenters. The Balaban J connectivity index is 1.54. The highest BCUT2D eigenvalue weighted by molar-refractivity contribution is 5.82. The number of esters is 2. The van der Waals surface area contributed by atoms with Gasteiger partial charge in [-0.1, -0.05) is 43.3 Å². The molecule has 0 heterocycles. The number of hydrogen-bond donors (Lipinski definition) is 0. The Labute approximate surface area is 248 Å². The lowest BCUT2D eigenvalue weighted by molar-refractivity contribution is -0.137. The number of hydrogen-bond acceptors (Lipinski definition) is 5. The summed E-state index contributed by atoms with van der Waals surface area (Å²) in [5.74, 6) is 1.57. The van der Waals surface area contributed by atoms with Crippen LogP contribution in [0.3, 0.4) is 0 Å². The van der Waals surface area contributed by atoms with Crippen molar-refractivity contribution in [1.29, 1.82) is 0 Å². The summed E-state index contributed by atoms with van der Waals surface area (Å²) in [6.45, 7) is 18.2. The second-order valence-electron chi connectivity index (χ2n) is 10.3. The molecule has 0 radical (unpaired) electrons. The van der Waals surface area contributed by atoms with Crippen LogP contribution in [0, 0.1) is 23.7 Å². The van der Waals surface area contributed by atoms with Gasteiger partial charge in [-0.05, 0) is 128 Å². The molecule has 0 aromatic heterocycles. The van der Waals surface area contributed by atoms with E-state index in [1.54, 1.807) is 0 Å². The SMILES string of the molecule is C=C=C=C=C=C=C(OC(=O)C=C)C1CCC(C2CCC(C(=C)c3ccc(OC(=C=C=C)OC(=O)C=C)cc3)CC2)CC1. The number of carbonyl (C=O) groups is 2. The maximum atomic E-state index is 11.9. The van der Waals surface area contributed by atoms with Crippen LogP contribution in [-0.4, -0.2) is 11.9 Å². The molecule has 0 amide bonds. The van der Waals surface area contributed by atoms with E-state index in [4.69, 9.17) is 14.2 Å². The minimum Gasteiger partial charge on any atom is -0.419 e. The normalized spacial score (nSPS) is 20.6. The third kappa shape index (κ3) is 9.35. The highest BCUT2D eigenvalue weighted by atomic mass is 16.7. The maximum absolute atomic E-state index is 11.9. The van der Waals surface area contributed by atoms with Crippen molar-refractivity contribution < 1.29 is 23.8 Å². The van der Waals surface area contributed by atoms with Gasteiger partial charge in [-0.3, -0.25) is 0 Å². The largest absolute Gasteiger partial charge is 0.419 e. The second-order valence-corrected chi connectivity index (χ2v) is 10.3. The van der Waals surface area contributed by atoms with Crippen LogP contribution in [0.25, 0.3) is 5.57 Å². The molecule has 42 heavy (non-hydrogen) atoms. The molecule has 5 nitrogen and oxygen atoms in total. The maximum Gasteiger partial charge on any atom is 0.349 e. The minimum absolute atomic E-state index is 0.114. The van der Waals surface area contributed by atoms with Crippen LogP contribution in [0.15, 0.2) is 121 Å². The second kappa shape index (κ2) is 16.4. The average Bonchev–Trinajstić information content (AvgIpc) is 3.02. The van der Waals surface area contributed by atoms with Crippen molar-refractivity contribution >= 4 is 17.5 Å². The Bertz CT molecular complexity index is 1480. The fraction of sp³-hybridized carbons (Fsp3) is 0.324. The van der Waals surface area contributed by atoms with Gasteiger partial charge in [0.25, 0.3) is 0 Å². The molecule has 2 aliphatic rings. The Morgan fingerprint density at radius 3 is 1.83 bits per heavy atom. The van der Waals surface area contributed by atoms with Crippen LogP contribution in [0.1, 0.15) is 56.9 Å². The number of ether oxygens (including phenoxy) is 3. The molecular formula is C37H36O5. The van der Waals surface area contributed by atoms with Gasteiger partial charge in [-0.15, -0.1) is 0 Å². The zero-order chi connectivity index (χ0) is 30.3. The lowest BCUT2D eigenvalue weighted by Gasteiger charge is -2.38. The van der Waals surface area contributed by atoms with Gasteiger partial charge in [-0.2, -0.15) is 0 Å². The highest BCUT2D eigenvalue weighted by Crippen LogP contribution is 2.45. The van der Waals surface area contributed by atoms with Crippen LogP contribution < -0.4 is 4.74 Å². The van der Waals surface area contributed by atoms with E-state index in [9.17, 15) is 9.59 Å². The van der Waals surface area contributed by atoms with Gasteiger partial charge in [0, 0.05) is 23.8 Å². The lowest BCUT2D eigenvalue weighted by Crippen LogP contribution is -2.27. The van der Waals surface area contributed by atoms with E-state index < -0.39 is 11.9 Å². The van der Waals surface area contributed by atoms with Gasteiger partial charge in [0.2, 0.25) is 0 Å². The van der Waals surface area contributed by atoms with E-state index in [-0.39, 0.29) is 11.9 Å². The summed E-state index contributed by atoms with van der Waals surface area (Å²) >= 11 is 0. The third-order valence-electron chi connectivity index (χ3n) is 7.84. The fourth-order valence-corrected chi connectivity index (χ4v) is 5.68. The Kier molecular flexibility index (Phi) is 12.4. The first kappa shape index (κ1) is 31.6. The summed E-state index contributed by atoms with van der Waals surface area (Å²) in [6, 6.07) is 7.55. The molecule has 0 N–H and O–H groups in total. The Hall–Kier alpha value is -4.88. The van der Waals surface area contributed by atoms with Gasteiger partial charge in [0.1, 0.15) is 5.75 Å². The van der Waals surface area contributed by atoms with Crippen molar-refractivity contribution in [3.05, 3.63) is 127 Å². The molecule has 0 aliphatic heterocycles. The number of carbonyl (C=O) groups excluding carboxylic acids is 2. The predicted octanol–water partition coefficient (Wildman–Crippen LogP) is 8.22. The summed E-state index contributed by atoms with van der Waals surface area (Å²) in [6.07, 6.45) is 10.8. The van der Waals surface area contributed by atoms with E-state index in [1.165, 1.54) is 12.8 Å². The predicted molar refractivity (Wildman–Crippen MR) is 162 cm³/mol. The van der Waals surface area contributed by atoms with Crippen molar-refractivity contribution in [3.8, 4) is 5.75 Å². The number of rotatable bonds is 10. The molecule has 2 fully saturated rings. The topological polar surface area (TPSA) is 61.8 Å². The van der Waals surface area contributed by atoms with Crippen LogP contribution in [-0.2, 0) is 19.1 Å². The minimum atomic E-state index is -0.656. The quantitative estimate of drug-likeness (QED) is 0.125. The molecular weight excluding hydrogens is 524 g/mol. The molecule has 0 saturated heterocycles. The first-order chi connectivity index (χ1) is 20.4. The average molecular weight is 561 g/mol. The summed E-state index contributed by atoms with van der Waals surface area (Å²) in [5.41, 5.74) is 20.5. The Morgan fingerprint density at radius 1 is 0.714 bits per heavy atom. The van der Waals surface area contributed by atoms with Crippen LogP contribution in [0.4, 0.5) is 0 Å². The fourth-order valence-electron chi connectivity index (χ4n) is 5.68. The molecule has 0 bridgehead atoms. The van der Waals surface area contributed by atoms with Crippen molar-refractivity contribution in [2.24, 2.45) is 23.7 Å². The van der Waals surface area contributed by atoms with Crippen LogP contribution in [0.2, 0.25) is 0 Å². The molecule has 0 unspecified atom stereocenters. The van der Waals surface area contributed by atoms with Crippen molar-refractivity contribution in [2.75, 3.05) is 0 Å². The summed E-state index contributed by atoms with van der Waals surface area (Å²) < 4.78 is 16.1. The van der Waals surface area contributed by atoms with Crippen molar-refractivity contribution in [3.63, 3.8) is 0 Å². The standard InChI is InChI=1S/C37H36O5/c1-6-10-11-12-14-34(41-35(38)8-3)32-21-19-31(20-22-32)30-17-15-28(16-18-30)27(5)29-23-25-33(26-24-29)40-37(13-7-2)42-36(39)9-4/h8-9,23-26,28,30-32H,1-5,15-22H2. The van der Waals surface area contributed by atoms with E-state index in [1.807, 2.05) is 24.3 Å². The van der Waals surface area contributed by atoms with Crippen LogP contribution >= 0.6 is 0 Å². The van der Waals surface area contributed by atoms with Gasteiger partial charge >= 0.3 is 17.9 Å². The summed E-state index contributed by atoms with van der Waals surface area (Å²) in [7, 11) is 0. The van der Waals surface area contributed by atoms with Crippen molar-refractivity contribution in [2.45, 2.75) is 51.4 Å². The van der Waals surface area contributed by atoms with Gasteiger partial charge < -0.3 is 14.2 Å². The molecule has 1 aromatic carbocycles. The first-order valence-corrected chi connectivity index (χ1v) is 14.1. The van der Waals surface area contributed by atoms with Crippen LogP contribution in [0.5, 0.6) is 5.75 Å². The zero-order valence-electron chi connectivity index (χ0n) is 24.0. The first-order valence-electron chi connectivity index (χ1n) is 14.1. The molecule has 3 rings (SSSR count). The highest BCUT2D eigenvalue weighted by Gasteiger charge is 2.33. The third-order valence-corrected chi connectivity index (χ3v) is 7.84. The van der Waals surface area contributed by atoms with Gasteiger partial charge in [-0.25, -0.2) is 9.59 Å². The molecule has 214 valence electrons. The monoisotopic (exact) mass is 560 g/mol. The lowest BCUT2D eigenvalue weighted by atomic mass is 9.68. The smallest absolute Gasteiger partial charge is 0.349 e. The van der Waals surface area contributed by atoms with E-state index >= 15 is 0 Å².